The van der Waals surface area contributed by atoms with Gasteiger partial charge in [-0.3, -0.25) is 14.8 Å². The predicted molar refractivity (Wildman–Crippen MR) is 83.7 cm³/mol. The Morgan fingerprint density at radius 3 is 2.82 bits per heavy atom. The minimum Gasteiger partial charge on any atom is -0.381 e. The number of nitro benzene ring substituents is 1. The Balaban J connectivity index is 2.19. The Kier molecular flexibility index (Phi) is 5.11. The van der Waals surface area contributed by atoms with Crippen LogP contribution in [0.5, 0.6) is 0 Å². The van der Waals surface area contributed by atoms with Crippen LogP contribution in [0.3, 0.4) is 0 Å². The number of nitrogens with one attached hydrogen (secondary N) is 1. The van der Waals surface area contributed by atoms with Crippen LogP contribution in [0.1, 0.15) is 23.7 Å². The number of benzene rings is 1. The van der Waals surface area contributed by atoms with E-state index in [4.69, 9.17) is 4.74 Å². The molecule has 7 nitrogen and oxygen atoms in total. The number of nitrogens with zero attached hydrogens (tertiary/aromatic N) is 3. The van der Waals surface area contributed by atoms with E-state index in [2.05, 4.69) is 17.3 Å². The SMILES string of the molecule is CCc1nn(C)cc1CNc1ccc([N+](=O)[O-])cc1COC. The van der Waals surface area contributed by atoms with Gasteiger partial charge in [0.2, 0.25) is 0 Å². The first-order chi connectivity index (χ1) is 10.5. The summed E-state index contributed by atoms with van der Waals surface area (Å²) in [6.07, 6.45) is 2.84. The Bertz CT molecular complexity index is 667. The van der Waals surface area contributed by atoms with Crippen molar-refractivity contribution >= 4 is 11.4 Å². The van der Waals surface area contributed by atoms with Crippen molar-refractivity contribution in [3.63, 3.8) is 0 Å². The van der Waals surface area contributed by atoms with Crippen molar-refractivity contribution in [3.05, 3.63) is 51.3 Å². The zero-order chi connectivity index (χ0) is 16.1. The highest BCUT2D eigenvalue weighted by Crippen LogP contribution is 2.23. The number of anilines is 1. The Morgan fingerprint density at radius 2 is 2.18 bits per heavy atom. The molecular formula is C15H20N4O3. The van der Waals surface area contributed by atoms with Gasteiger partial charge in [0.1, 0.15) is 0 Å². The van der Waals surface area contributed by atoms with Crippen LogP contribution in [0.2, 0.25) is 0 Å². The predicted octanol–water partition coefficient (Wildman–Crippen LogP) is 2.65. The number of aryl methyl sites for hydroxylation is 2. The molecular weight excluding hydrogens is 284 g/mol. The summed E-state index contributed by atoms with van der Waals surface area (Å²) in [5, 5.41) is 18.6. The smallest absolute Gasteiger partial charge is 0.269 e. The third-order valence-electron chi connectivity index (χ3n) is 3.40. The van der Waals surface area contributed by atoms with E-state index in [-0.39, 0.29) is 5.69 Å². The second kappa shape index (κ2) is 7.04. The van der Waals surface area contributed by atoms with E-state index in [0.717, 1.165) is 28.9 Å². The molecule has 0 unspecified atom stereocenters. The molecule has 0 radical (unpaired) electrons. The van der Waals surface area contributed by atoms with E-state index in [0.29, 0.717) is 13.2 Å². The standard InChI is InChI=1S/C15H20N4O3/c1-4-14-12(9-18(2)17-14)8-16-15-6-5-13(19(20)21)7-11(15)10-22-3/h5-7,9,16H,4,8,10H2,1-3H3. The maximum atomic E-state index is 10.9. The van der Waals surface area contributed by atoms with E-state index in [1.54, 1.807) is 17.9 Å². The van der Waals surface area contributed by atoms with Crippen LogP contribution < -0.4 is 5.32 Å². The number of non-ortho nitro benzene ring substituents is 1. The summed E-state index contributed by atoms with van der Waals surface area (Å²) in [4.78, 5) is 10.5. The van der Waals surface area contributed by atoms with Crippen LogP contribution in [0, 0.1) is 10.1 Å². The quantitative estimate of drug-likeness (QED) is 0.628. The molecule has 0 saturated heterocycles. The summed E-state index contributed by atoms with van der Waals surface area (Å²) in [5.41, 5.74) is 3.82. The van der Waals surface area contributed by atoms with Gasteiger partial charge in [0.15, 0.2) is 0 Å². The Morgan fingerprint density at radius 1 is 1.41 bits per heavy atom. The molecule has 1 N–H and O–H groups in total. The lowest BCUT2D eigenvalue weighted by molar-refractivity contribution is -0.384. The molecule has 118 valence electrons. The van der Waals surface area contributed by atoms with E-state index in [9.17, 15) is 10.1 Å². The minimum atomic E-state index is -0.404. The lowest BCUT2D eigenvalue weighted by Gasteiger charge is -2.11. The molecule has 1 aromatic carbocycles. The van der Waals surface area contributed by atoms with Crippen LogP contribution >= 0.6 is 0 Å². The van der Waals surface area contributed by atoms with Crippen molar-refractivity contribution in [1.29, 1.82) is 0 Å². The molecule has 0 fully saturated rings. The van der Waals surface area contributed by atoms with Gasteiger partial charge in [-0.15, -0.1) is 0 Å². The molecule has 1 heterocycles. The third kappa shape index (κ3) is 3.62. The van der Waals surface area contributed by atoms with Gasteiger partial charge in [-0.25, -0.2) is 0 Å². The highest BCUT2D eigenvalue weighted by atomic mass is 16.6. The van der Waals surface area contributed by atoms with Gasteiger partial charge in [0.25, 0.3) is 5.69 Å². The second-order valence-corrected chi connectivity index (χ2v) is 5.01. The van der Waals surface area contributed by atoms with Crippen molar-refractivity contribution in [2.75, 3.05) is 12.4 Å². The average Bonchev–Trinajstić information content (AvgIpc) is 2.86. The molecule has 0 aliphatic rings. The van der Waals surface area contributed by atoms with Crippen LogP contribution in [0.25, 0.3) is 0 Å². The van der Waals surface area contributed by atoms with Gasteiger partial charge in [-0.05, 0) is 12.5 Å². The summed E-state index contributed by atoms with van der Waals surface area (Å²) in [6.45, 7) is 3.00. The summed E-state index contributed by atoms with van der Waals surface area (Å²) < 4.78 is 6.92. The fourth-order valence-corrected chi connectivity index (χ4v) is 2.36. The monoisotopic (exact) mass is 304 g/mol. The van der Waals surface area contributed by atoms with Crippen LogP contribution in [0.15, 0.2) is 24.4 Å². The molecule has 0 saturated carbocycles. The van der Waals surface area contributed by atoms with Crippen LogP contribution in [-0.4, -0.2) is 21.8 Å². The average molecular weight is 304 g/mol. The lowest BCUT2D eigenvalue weighted by Crippen LogP contribution is -2.05. The topological polar surface area (TPSA) is 82.2 Å². The molecule has 2 rings (SSSR count). The molecule has 0 aliphatic carbocycles. The highest BCUT2D eigenvalue weighted by molar-refractivity contribution is 5.56. The molecule has 0 amide bonds. The van der Waals surface area contributed by atoms with Crippen LogP contribution in [0.4, 0.5) is 11.4 Å². The maximum absolute atomic E-state index is 10.9. The first-order valence-corrected chi connectivity index (χ1v) is 7.06. The van der Waals surface area contributed by atoms with Crippen molar-refractivity contribution in [2.24, 2.45) is 7.05 Å². The first-order valence-electron chi connectivity index (χ1n) is 7.06. The third-order valence-corrected chi connectivity index (χ3v) is 3.40. The molecule has 7 heteroatoms. The fourth-order valence-electron chi connectivity index (χ4n) is 2.36. The number of nitro groups is 1. The Labute approximate surface area is 129 Å². The zero-order valence-corrected chi connectivity index (χ0v) is 13.0. The number of ether oxygens (including phenoxy) is 1. The van der Waals surface area contributed by atoms with E-state index in [1.807, 2.05) is 13.2 Å². The number of hydrogen-bond acceptors (Lipinski definition) is 5. The molecule has 2 aromatic rings. The van der Waals surface area contributed by atoms with Gasteiger partial charge in [-0.1, -0.05) is 6.92 Å². The molecule has 0 aliphatic heterocycles. The van der Waals surface area contributed by atoms with Gasteiger partial charge >= 0.3 is 0 Å². The van der Waals surface area contributed by atoms with Crippen molar-refractivity contribution in [3.8, 4) is 0 Å². The summed E-state index contributed by atoms with van der Waals surface area (Å²) >= 11 is 0. The fraction of sp³-hybridized carbons (Fsp3) is 0.400. The summed E-state index contributed by atoms with van der Waals surface area (Å²) in [6, 6.07) is 4.75. The van der Waals surface area contributed by atoms with E-state index < -0.39 is 4.92 Å². The Hall–Kier alpha value is -2.41. The number of rotatable bonds is 7. The van der Waals surface area contributed by atoms with Crippen molar-refractivity contribution < 1.29 is 9.66 Å². The molecule has 22 heavy (non-hydrogen) atoms. The van der Waals surface area contributed by atoms with Crippen molar-refractivity contribution in [1.82, 2.24) is 9.78 Å². The normalized spacial score (nSPS) is 10.7. The maximum Gasteiger partial charge on any atom is 0.269 e. The van der Waals surface area contributed by atoms with Crippen molar-refractivity contribution in [2.45, 2.75) is 26.5 Å². The molecule has 0 atom stereocenters. The first kappa shape index (κ1) is 16.0. The van der Waals surface area contributed by atoms with Gasteiger partial charge in [-0.2, -0.15) is 5.10 Å². The van der Waals surface area contributed by atoms with Gasteiger partial charge in [0, 0.05) is 55.8 Å². The van der Waals surface area contributed by atoms with E-state index >= 15 is 0 Å². The summed E-state index contributed by atoms with van der Waals surface area (Å²) in [5.74, 6) is 0. The van der Waals surface area contributed by atoms with Gasteiger partial charge < -0.3 is 10.1 Å². The summed E-state index contributed by atoms with van der Waals surface area (Å²) in [7, 11) is 3.46. The number of hydrogen-bond donors (Lipinski definition) is 1. The molecule has 0 spiro atoms. The second-order valence-electron chi connectivity index (χ2n) is 5.01. The highest BCUT2D eigenvalue weighted by Gasteiger charge is 2.12. The van der Waals surface area contributed by atoms with Gasteiger partial charge in [0.05, 0.1) is 17.2 Å². The lowest BCUT2D eigenvalue weighted by atomic mass is 10.1. The number of methoxy groups -OCH3 is 1. The van der Waals surface area contributed by atoms with Crippen LogP contribution in [-0.2, 0) is 31.4 Å². The zero-order valence-electron chi connectivity index (χ0n) is 13.0. The largest absolute Gasteiger partial charge is 0.381 e. The number of aromatic nitrogens is 2. The molecule has 1 aromatic heterocycles. The minimum absolute atomic E-state index is 0.0632. The molecule has 0 bridgehead atoms. The van der Waals surface area contributed by atoms with E-state index in [1.165, 1.54) is 12.1 Å².